The standard InChI is InChI=1S/C14H20ClN3O5S/c1-22-6-4-10-9-18(5-7-23-10)14(19)17-13-8-11(24(16,20)21)2-3-12(13)15/h2-3,8,10H,4-7,9H2,1H3,(H,17,19)(H2,16,20,21). The van der Waals surface area contributed by atoms with Crippen LogP contribution in [-0.2, 0) is 19.5 Å². The molecule has 1 aliphatic heterocycles. The Balaban J connectivity index is 2.06. The van der Waals surface area contributed by atoms with Crippen LogP contribution >= 0.6 is 11.6 Å². The Morgan fingerprint density at radius 1 is 1.54 bits per heavy atom. The molecule has 0 aliphatic carbocycles. The van der Waals surface area contributed by atoms with Crippen LogP contribution in [0.15, 0.2) is 23.1 Å². The van der Waals surface area contributed by atoms with Crippen molar-refractivity contribution in [2.75, 3.05) is 38.7 Å². The Morgan fingerprint density at radius 2 is 2.29 bits per heavy atom. The third kappa shape index (κ3) is 5.05. The first-order chi connectivity index (χ1) is 11.3. The lowest BCUT2D eigenvalue weighted by Crippen LogP contribution is -2.47. The van der Waals surface area contributed by atoms with Gasteiger partial charge in [0.05, 0.1) is 28.3 Å². The first-order valence-electron chi connectivity index (χ1n) is 7.30. The summed E-state index contributed by atoms with van der Waals surface area (Å²) >= 11 is 6.02. The van der Waals surface area contributed by atoms with Crippen molar-refractivity contribution in [3.05, 3.63) is 23.2 Å². The molecule has 2 amide bonds. The molecule has 1 aromatic carbocycles. The molecule has 2 rings (SSSR count). The van der Waals surface area contributed by atoms with E-state index in [1.54, 1.807) is 12.0 Å². The zero-order chi connectivity index (χ0) is 17.7. The number of carbonyl (C=O) groups excluding carboxylic acids is 1. The first-order valence-corrected chi connectivity index (χ1v) is 9.22. The van der Waals surface area contributed by atoms with Gasteiger partial charge in [-0.05, 0) is 24.6 Å². The molecule has 24 heavy (non-hydrogen) atoms. The van der Waals surface area contributed by atoms with E-state index >= 15 is 0 Å². The second-order valence-electron chi connectivity index (χ2n) is 5.34. The molecule has 1 heterocycles. The molecule has 1 atom stereocenters. The molecule has 1 fully saturated rings. The molecule has 0 saturated carbocycles. The number of primary sulfonamides is 1. The molecule has 3 N–H and O–H groups in total. The largest absolute Gasteiger partial charge is 0.385 e. The quantitative estimate of drug-likeness (QED) is 0.802. The van der Waals surface area contributed by atoms with Crippen LogP contribution in [0.1, 0.15) is 6.42 Å². The van der Waals surface area contributed by atoms with Gasteiger partial charge in [-0.1, -0.05) is 11.6 Å². The van der Waals surface area contributed by atoms with Gasteiger partial charge in [-0.3, -0.25) is 0 Å². The van der Waals surface area contributed by atoms with Crippen molar-refractivity contribution in [1.29, 1.82) is 0 Å². The predicted octanol–water partition coefficient (Wildman–Crippen LogP) is 1.26. The van der Waals surface area contributed by atoms with Gasteiger partial charge in [0.1, 0.15) is 0 Å². The zero-order valence-electron chi connectivity index (χ0n) is 13.2. The number of carbonyl (C=O) groups is 1. The van der Waals surface area contributed by atoms with Gasteiger partial charge in [0, 0.05) is 26.8 Å². The molecule has 1 aromatic rings. The number of sulfonamides is 1. The van der Waals surface area contributed by atoms with Gasteiger partial charge >= 0.3 is 6.03 Å². The van der Waals surface area contributed by atoms with E-state index in [-0.39, 0.29) is 27.7 Å². The number of halogens is 1. The number of anilines is 1. The average Bonchev–Trinajstić information content (AvgIpc) is 2.54. The van der Waals surface area contributed by atoms with Crippen molar-refractivity contribution in [2.45, 2.75) is 17.4 Å². The van der Waals surface area contributed by atoms with E-state index in [1.807, 2.05) is 0 Å². The Hall–Kier alpha value is -1.39. The van der Waals surface area contributed by atoms with E-state index < -0.39 is 10.0 Å². The van der Waals surface area contributed by atoms with Crippen molar-refractivity contribution in [3.63, 3.8) is 0 Å². The van der Waals surface area contributed by atoms with Gasteiger partial charge in [-0.2, -0.15) is 0 Å². The highest BCUT2D eigenvalue weighted by atomic mass is 35.5. The fraction of sp³-hybridized carbons (Fsp3) is 0.500. The number of ether oxygens (including phenoxy) is 2. The number of benzene rings is 1. The summed E-state index contributed by atoms with van der Waals surface area (Å²) in [7, 11) is -2.27. The van der Waals surface area contributed by atoms with Crippen molar-refractivity contribution in [2.24, 2.45) is 5.14 Å². The predicted molar refractivity (Wildman–Crippen MR) is 89.6 cm³/mol. The number of hydrogen-bond acceptors (Lipinski definition) is 5. The molecule has 0 radical (unpaired) electrons. The van der Waals surface area contributed by atoms with Crippen molar-refractivity contribution >= 4 is 33.3 Å². The molecule has 0 bridgehead atoms. The molecule has 1 aliphatic rings. The lowest BCUT2D eigenvalue weighted by atomic mass is 10.2. The topological polar surface area (TPSA) is 111 Å². The zero-order valence-corrected chi connectivity index (χ0v) is 14.8. The van der Waals surface area contributed by atoms with E-state index in [9.17, 15) is 13.2 Å². The molecule has 1 unspecified atom stereocenters. The number of methoxy groups -OCH3 is 1. The number of rotatable bonds is 5. The van der Waals surface area contributed by atoms with E-state index in [1.165, 1.54) is 18.2 Å². The van der Waals surface area contributed by atoms with Crippen LogP contribution < -0.4 is 10.5 Å². The Bertz CT molecular complexity index is 698. The van der Waals surface area contributed by atoms with Crippen LogP contribution in [0.4, 0.5) is 10.5 Å². The highest BCUT2D eigenvalue weighted by molar-refractivity contribution is 7.89. The van der Waals surface area contributed by atoms with Crippen molar-refractivity contribution < 1.29 is 22.7 Å². The lowest BCUT2D eigenvalue weighted by Gasteiger charge is -2.33. The average molecular weight is 378 g/mol. The van der Waals surface area contributed by atoms with Gasteiger partial charge in [0.2, 0.25) is 10.0 Å². The molecule has 1 saturated heterocycles. The second-order valence-corrected chi connectivity index (χ2v) is 7.31. The summed E-state index contributed by atoms with van der Waals surface area (Å²) in [5.41, 5.74) is 0.188. The number of hydrogen-bond donors (Lipinski definition) is 2. The third-order valence-electron chi connectivity index (χ3n) is 3.58. The molecule has 0 spiro atoms. The Kier molecular flexibility index (Phi) is 6.41. The SMILES string of the molecule is COCCC1CN(C(=O)Nc2cc(S(N)(=O)=O)ccc2Cl)CCO1. The van der Waals surface area contributed by atoms with Crippen LogP contribution in [0.2, 0.25) is 5.02 Å². The smallest absolute Gasteiger partial charge is 0.322 e. The molecular formula is C14H20ClN3O5S. The second kappa shape index (κ2) is 8.13. The Morgan fingerprint density at radius 3 is 2.96 bits per heavy atom. The highest BCUT2D eigenvalue weighted by Crippen LogP contribution is 2.25. The van der Waals surface area contributed by atoms with Crippen LogP contribution in [0.5, 0.6) is 0 Å². The number of nitrogens with two attached hydrogens (primary N) is 1. The van der Waals surface area contributed by atoms with E-state index in [0.717, 1.165) is 0 Å². The third-order valence-corrected chi connectivity index (χ3v) is 4.82. The maximum absolute atomic E-state index is 12.4. The fourth-order valence-electron chi connectivity index (χ4n) is 2.30. The van der Waals surface area contributed by atoms with Crippen LogP contribution in [-0.4, -0.2) is 58.9 Å². The number of amides is 2. The van der Waals surface area contributed by atoms with Crippen molar-refractivity contribution in [3.8, 4) is 0 Å². The van der Waals surface area contributed by atoms with Gasteiger partial charge in [0.15, 0.2) is 0 Å². The Labute approximate surface area is 145 Å². The van der Waals surface area contributed by atoms with Gasteiger partial charge in [0.25, 0.3) is 0 Å². The molecule has 0 aromatic heterocycles. The van der Waals surface area contributed by atoms with E-state index in [0.29, 0.717) is 32.7 Å². The molecule has 10 heteroatoms. The summed E-state index contributed by atoms with van der Waals surface area (Å²) in [4.78, 5) is 13.9. The monoisotopic (exact) mass is 377 g/mol. The number of nitrogens with zero attached hydrogens (tertiary/aromatic N) is 1. The summed E-state index contributed by atoms with van der Waals surface area (Å²) in [6, 6.07) is 3.51. The van der Waals surface area contributed by atoms with E-state index in [2.05, 4.69) is 5.32 Å². The fourth-order valence-corrected chi connectivity index (χ4v) is 3.00. The van der Waals surface area contributed by atoms with Crippen molar-refractivity contribution in [1.82, 2.24) is 4.90 Å². The van der Waals surface area contributed by atoms with Gasteiger partial charge < -0.3 is 19.7 Å². The van der Waals surface area contributed by atoms with E-state index in [4.69, 9.17) is 26.2 Å². The minimum absolute atomic E-state index is 0.101. The lowest BCUT2D eigenvalue weighted by molar-refractivity contribution is -0.0260. The number of nitrogens with one attached hydrogen (secondary N) is 1. The van der Waals surface area contributed by atoms with Gasteiger partial charge in [-0.25, -0.2) is 18.4 Å². The molecule has 134 valence electrons. The van der Waals surface area contributed by atoms with Crippen LogP contribution in [0.3, 0.4) is 0 Å². The summed E-state index contributed by atoms with van der Waals surface area (Å²) in [5, 5.41) is 7.93. The minimum atomic E-state index is -3.88. The molecular weight excluding hydrogens is 358 g/mol. The summed E-state index contributed by atoms with van der Waals surface area (Å²) < 4.78 is 33.4. The van der Waals surface area contributed by atoms with Gasteiger partial charge in [-0.15, -0.1) is 0 Å². The summed E-state index contributed by atoms with van der Waals surface area (Å²) in [5.74, 6) is 0. The number of urea groups is 1. The van der Waals surface area contributed by atoms with Crippen LogP contribution in [0.25, 0.3) is 0 Å². The number of morpholine rings is 1. The maximum atomic E-state index is 12.4. The normalized spacial score (nSPS) is 18.5. The minimum Gasteiger partial charge on any atom is -0.385 e. The summed E-state index contributed by atoms with van der Waals surface area (Å²) in [6.07, 6.45) is 0.581. The summed E-state index contributed by atoms with van der Waals surface area (Å²) in [6.45, 7) is 1.82. The van der Waals surface area contributed by atoms with Crippen LogP contribution in [0, 0.1) is 0 Å². The first kappa shape index (κ1) is 18.9. The highest BCUT2D eigenvalue weighted by Gasteiger charge is 2.24. The molecule has 8 nitrogen and oxygen atoms in total. The maximum Gasteiger partial charge on any atom is 0.322 e.